The molecule has 1 fully saturated rings. The molecule has 0 amide bonds. The minimum atomic E-state index is -3.87. The van der Waals surface area contributed by atoms with E-state index in [1.807, 2.05) is 106 Å². The number of para-hydroxylation sites is 2. The van der Waals surface area contributed by atoms with Crippen molar-refractivity contribution >= 4 is 43.8 Å². The maximum Gasteiger partial charge on any atom is 0.243 e. The lowest BCUT2D eigenvalue weighted by molar-refractivity contribution is -0.123. The molecule has 0 atom stereocenters. The maximum atomic E-state index is 14.4. The summed E-state index contributed by atoms with van der Waals surface area (Å²) < 4.78 is 39.2. The fourth-order valence-electron chi connectivity index (χ4n) is 6.92. The molecule has 4 aromatic carbocycles. The molecular weight excluding hydrogens is 631 g/mol. The van der Waals surface area contributed by atoms with Gasteiger partial charge in [0.05, 0.1) is 11.0 Å². The molecule has 2 aliphatic heterocycles. The zero-order chi connectivity index (χ0) is 34.1. The lowest BCUT2D eigenvalue weighted by Crippen LogP contribution is -2.40. The van der Waals surface area contributed by atoms with Crippen LogP contribution in [0.3, 0.4) is 0 Å². The number of hydrogen-bond acceptors (Lipinski definition) is 5. The SMILES string of the molecule is CCC(=O)C1CCN(S(=O)(=O)c2ccccc2-c2c3ccc(=[N+](C)c4ccccc4)cc-3oc3cc(N(C)c4ccccc4)ccc23)CC1. The van der Waals surface area contributed by atoms with Crippen LogP contribution in [0.5, 0.6) is 0 Å². The molecule has 0 N–H and O–H groups in total. The second kappa shape index (κ2) is 13.5. The van der Waals surface area contributed by atoms with Gasteiger partial charge in [-0.2, -0.15) is 8.88 Å². The van der Waals surface area contributed by atoms with Gasteiger partial charge >= 0.3 is 0 Å². The number of piperidine rings is 1. The van der Waals surface area contributed by atoms with Crippen LogP contribution >= 0.6 is 0 Å². The van der Waals surface area contributed by atoms with Crippen LogP contribution in [-0.2, 0) is 14.8 Å². The summed E-state index contributed by atoms with van der Waals surface area (Å²) in [6, 6.07) is 39.7. The van der Waals surface area contributed by atoms with Crippen LogP contribution in [0.4, 0.5) is 17.1 Å². The molecule has 0 saturated carbocycles. The summed E-state index contributed by atoms with van der Waals surface area (Å²) in [5.74, 6) is 0.771. The van der Waals surface area contributed by atoms with E-state index in [-0.39, 0.29) is 16.6 Å². The van der Waals surface area contributed by atoms with Gasteiger partial charge in [-0.3, -0.25) is 4.79 Å². The molecule has 7 nitrogen and oxygen atoms in total. The van der Waals surface area contributed by atoms with Crippen LogP contribution in [0.25, 0.3) is 33.4 Å². The van der Waals surface area contributed by atoms with Gasteiger partial charge in [-0.15, -0.1) is 0 Å². The van der Waals surface area contributed by atoms with Crippen molar-refractivity contribution in [3.8, 4) is 22.5 Å². The first kappa shape index (κ1) is 32.5. The van der Waals surface area contributed by atoms with Gasteiger partial charge in [0.1, 0.15) is 24.2 Å². The molecule has 0 radical (unpaired) electrons. The third kappa shape index (κ3) is 6.18. The van der Waals surface area contributed by atoms with Gasteiger partial charge < -0.3 is 9.32 Å². The highest BCUT2D eigenvalue weighted by Gasteiger charge is 2.34. The van der Waals surface area contributed by atoms with Crippen LogP contribution in [0, 0.1) is 5.92 Å². The van der Waals surface area contributed by atoms with Gasteiger partial charge in [-0.05, 0) is 49.2 Å². The summed E-state index contributed by atoms with van der Waals surface area (Å²) in [7, 11) is 0.162. The quantitative estimate of drug-likeness (QED) is 0.121. The van der Waals surface area contributed by atoms with Crippen LogP contribution in [-0.4, -0.2) is 45.7 Å². The van der Waals surface area contributed by atoms with E-state index in [2.05, 4.69) is 33.7 Å². The van der Waals surface area contributed by atoms with Crippen LogP contribution in [0.15, 0.2) is 131 Å². The standard InChI is InChI=1S/C41H40N3O4S/c1-4-37(45)29-23-25-44(26-24-29)49(46,47)40-18-12-11-17-36(40)41-34-21-19-32(42(2)30-13-7-5-8-14-30)27-38(34)48-39-28-33(20-22-35(39)41)43(3)31-15-9-6-10-16-31/h5-22,27-29H,4,23-26H2,1-3H3/q+1. The highest BCUT2D eigenvalue weighted by atomic mass is 32.2. The van der Waals surface area contributed by atoms with E-state index in [9.17, 15) is 13.2 Å². The molecule has 8 heteroatoms. The molecule has 0 aromatic heterocycles. The van der Waals surface area contributed by atoms with Gasteiger partial charge in [0.15, 0.2) is 0 Å². The Morgan fingerprint density at radius 2 is 1.49 bits per heavy atom. The summed E-state index contributed by atoms with van der Waals surface area (Å²) in [6.07, 6.45) is 1.56. The Labute approximate surface area is 287 Å². The summed E-state index contributed by atoms with van der Waals surface area (Å²) in [6.45, 7) is 2.51. The number of rotatable bonds is 8. The Hall–Kier alpha value is -5.05. The third-order valence-electron chi connectivity index (χ3n) is 9.78. The van der Waals surface area contributed by atoms with E-state index in [4.69, 9.17) is 4.42 Å². The summed E-state index contributed by atoms with van der Waals surface area (Å²) in [4.78, 5) is 14.7. The number of nitrogens with zero attached hydrogens (tertiary/aromatic N) is 3. The van der Waals surface area contributed by atoms with Crippen molar-refractivity contribution in [1.29, 1.82) is 0 Å². The van der Waals surface area contributed by atoms with Crippen LogP contribution in [0.1, 0.15) is 26.2 Å². The fraction of sp³-hybridized carbons (Fsp3) is 0.220. The Balaban J connectivity index is 1.42. The van der Waals surface area contributed by atoms with Crippen LogP contribution < -0.4 is 14.8 Å². The Morgan fingerprint density at radius 1 is 0.816 bits per heavy atom. The van der Waals surface area contributed by atoms with Crippen molar-refractivity contribution in [3.05, 3.63) is 127 Å². The predicted octanol–water partition coefficient (Wildman–Crippen LogP) is 8.09. The Kier molecular flexibility index (Phi) is 8.92. The number of anilines is 2. The molecule has 4 aromatic rings. The van der Waals surface area contributed by atoms with E-state index in [1.54, 1.807) is 16.4 Å². The molecule has 2 heterocycles. The molecular formula is C41H40N3O4S+. The van der Waals surface area contributed by atoms with Crippen molar-refractivity contribution in [1.82, 2.24) is 8.88 Å². The van der Waals surface area contributed by atoms with Crippen molar-refractivity contribution in [2.75, 3.05) is 32.1 Å². The lowest BCUT2D eigenvalue weighted by atomic mass is 9.92. The van der Waals surface area contributed by atoms with E-state index in [1.165, 1.54) is 0 Å². The van der Waals surface area contributed by atoms with Gasteiger partial charge in [0.2, 0.25) is 21.1 Å². The normalized spacial score (nSPS) is 15.0. The highest BCUT2D eigenvalue weighted by Crippen LogP contribution is 2.44. The van der Waals surface area contributed by atoms with Crippen molar-refractivity contribution in [2.45, 2.75) is 31.1 Å². The number of benzene rings is 5. The van der Waals surface area contributed by atoms with E-state index in [0.717, 1.165) is 38.9 Å². The fourth-order valence-corrected chi connectivity index (χ4v) is 8.59. The Morgan fingerprint density at radius 3 is 2.20 bits per heavy atom. The van der Waals surface area contributed by atoms with E-state index < -0.39 is 10.0 Å². The van der Waals surface area contributed by atoms with E-state index in [0.29, 0.717) is 49.3 Å². The second-order valence-electron chi connectivity index (χ2n) is 12.6. The molecule has 49 heavy (non-hydrogen) atoms. The number of Topliss-reactive ketones (excluding diaryl/α,β-unsaturated/α-hetero) is 1. The molecule has 1 saturated heterocycles. The first-order chi connectivity index (χ1) is 23.8. The average molecular weight is 671 g/mol. The first-order valence-corrected chi connectivity index (χ1v) is 18.2. The largest absolute Gasteiger partial charge is 0.456 e. The second-order valence-corrected chi connectivity index (χ2v) is 14.5. The smallest absolute Gasteiger partial charge is 0.243 e. The Bertz CT molecular complexity index is 2290. The molecule has 248 valence electrons. The molecule has 7 rings (SSSR count). The van der Waals surface area contributed by atoms with Crippen molar-refractivity contribution < 1.29 is 17.6 Å². The molecule has 0 spiro atoms. The number of hydrogen-bond donors (Lipinski definition) is 0. The number of sulfonamides is 1. The maximum absolute atomic E-state index is 14.4. The number of fused-ring (bicyclic) bond motifs is 2. The predicted molar refractivity (Wildman–Crippen MR) is 197 cm³/mol. The number of ketones is 1. The van der Waals surface area contributed by atoms with Crippen molar-refractivity contribution in [2.24, 2.45) is 5.92 Å². The molecule has 0 unspecified atom stereocenters. The summed E-state index contributed by atoms with van der Waals surface area (Å²) in [5.41, 5.74) is 5.90. The van der Waals surface area contributed by atoms with Crippen LogP contribution in [0.2, 0.25) is 0 Å². The highest BCUT2D eigenvalue weighted by molar-refractivity contribution is 7.89. The molecule has 0 bridgehead atoms. The zero-order valence-corrected chi connectivity index (χ0v) is 28.9. The lowest BCUT2D eigenvalue weighted by Gasteiger charge is -2.31. The van der Waals surface area contributed by atoms with Gasteiger partial charge in [0.25, 0.3) is 0 Å². The monoisotopic (exact) mass is 670 g/mol. The molecule has 1 aliphatic carbocycles. The topological polar surface area (TPSA) is 73.8 Å². The average Bonchev–Trinajstić information content (AvgIpc) is 3.16. The summed E-state index contributed by atoms with van der Waals surface area (Å²) >= 11 is 0. The van der Waals surface area contributed by atoms with Gasteiger partial charge in [-0.1, -0.05) is 61.5 Å². The third-order valence-corrected chi connectivity index (χ3v) is 11.7. The summed E-state index contributed by atoms with van der Waals surface area (Å²) in [5, 5.41) is 1.76. The zero-order valence-electron chi connectivity index (χ0n) is 28.0. The van der Waals surface area contributed by atoms with Crippen molar-refractivity contribution in [3.63, 3.8) is 0 Å². The van der Waals surface area contributed by atoms with Gasteiger partial charge in [0, 0.05) is 90.2 Å². The minimum absolute atomic E-state index is 0.0817. The first-order valence-electron chi connectivity index (χ1n) is 16.8. The van der Waals surface area contributed by atoms with E-state index >= 15 is 0 Å². The number of carbonyl (C=O) groups is 1. The minimum Gasteiger partial charge on any atom is -0.456 e. The molecule has 3 aliphatic rings. The van der Waals surface area contributed by atoms with Gasteiger partial charge in [-0.25, -0.2) is 8.42 Å². The number of carbonyl (C=O) groups excluding carboxylic acids is 1.